The van der Waals surface area contributed by atoms with Crippen LogP contribution in [-0.2, 0) is 17.8 Å². The molecule has 1 N–H and O–H groups in total. The van der Waals surface area contributed by atoms with E-state index in [2.05, 4.69) is 67.4 Å². The van der Waals surface area contributed by atoms with Gasteiger partial charge < -0.3 is 14.8 Å². The van der Waals surface area contributed by atoms with Gasteiger partial charge in [0.15, 0.2) is 11.5 Å². The van der Waals surface area contributed by atoms with Gasteiger partial charge in [-0.25, -0.2) is 0 Å². The number of nitrogens with one attached hydrogen (secondary N) is 1. The lowest BCUT2D eigenvalue weighted by atomic mass is 9.86. The summed E-state index contributed by atoms with van der Waals surface area (Å²) in [6.45, 7) is 8.08. The molecule has 31 heavy (non-hydrogen) atoms. The van der Waals surface area contributed by atoms with Gasteiger partial charge in [-0.2, -0.15) is 0 Å². The number of ether oxygens (including phenoxy) is 2. The zero-order chi connectivity index (χ0) is 22.4. The lowest BCUT2D eigenvalue weighted by molar-refractivity contribution is -0.123. The van der Waals surface area contributed by atoms with Crippen LogP contribution in [0, 0.1) is 5.92 Å². The van der Waals surface area contributed by atoms with E-state index in [1.807, 2.05) is 6.07 Å². The van der Waals surface area contributed by atoms with Crippen LogP contribution in [0.2, 0.25) is 0 Å². The molecule has 5 nitrogen and oxygen atoms in total. The zero-order valence-corrected chi connectivity index (χ0v) is 19.5. The third kappa shape index (κ3) is 5.59. The van der Waals surface area contributed by atoms with Crippen LogP contribution in [0.5, 0.6) is 11.5 Å². The van der Waals surface area contributed by atoms with Crippen LogP contribution in [0.3, 0.4) is 0 Å². The van der Waals surface area contributed by atoms with E-state index >= 15 is 0 Å². The Bertz CT molecular complexity index is 866. The standard InChI is InChI=1S/C26H36N2O3/c1-6-22(27-25(29)14-18(2)3)26-21-16-24(31-5)23(30-4)15-20(21)12-13-28(26)17-19-10-8-7-9-11-19/h7-11,15-16,18,22,26H,6,12-14,17H2,1-5H3,(H,27,29)/t22-,26+/m0/s1. The average molecular weight is 425 g/mol. The summed E-state index contributed by atoms with van der Waals surface area (Å²) in [5, 5.41) is 3.34. The highest BCUT2D eigenvalue weighted by atomic mass is 16.5. The highest BCUT2D eigenvalue weighted by Crippen LogP contribution is 2.40. The van der Waals surface area contributed by atoms with Gasteiger partial charge in [-0.3, -0.25) is 9.69 Å². The molecule has 0 unspecified atom stereocenters. The van der Waals surface area contributed by atoms with Crippen LogP contribution in [0.4, 0.5) is 0 Å². The molecular formula is C26H36N2O3. The van der Waals surface area contributed by atoms with Crippen LogP contribution < -0.4 is 14.8 Å². The van der Waals surface area contributed by atoms with Gasteiger partial charge in [0.2, 0.25) is 5.91 Å². The second kappa shape index (κ2) is 10.7. The molecule has 0 spiro atoms. The molecule has 2 aromatic rings. The third-order valence-electron chi connectivity index (χ3n) is 6.02. The summed E-state index contributed by atoms with van der Waals surface area (Å²) in [7, 11) is 3.35. The van der Waals surface area contributed by atoms with Crippen LogP contribution >= 0.6 is 0 Å². The molecule has 5 heteroatoms. The van der Waals surface area contributed by atoms with Gasteiger partial charge in [0.05, 0.1) is 20.3 Å². The van der Waals surface area contributed by atoms with E-state index in [9.17, 15) is 4.79 Å². The van der Waals surface area contributed by atoms with E-state index in [0.717, 1.165) is 37.4 Å². The molecule has 168 valence electrons. The summed E-state index contributed by atoms with van der Waals surface area (Å²) in [6.07, 6.45) is 2.34. The number of amides is 1. The van der Waals surface area contributed by atoms with E-state index in [1.54, 1.807) is 14.2 Å². The third-order valence-corrected chi connectivity index (χ3v) is 6.02. The number of benzene rings is 2. The van der Waals surface area contributed by atoms with E-state index in [0.29, 0.717) is 12.3 Å². The second-order valence-corrected chi connectivity index (χ2v) is 8.74. The Kier molecular flexibility index (Phi) is 7.97. The summed E-state index contributed by atoms with van der Waals surface area (Å²) in [6, 6.07) is 14.8. The van der Waals surface area contributed by atoms with Crippen molar-refractivity contribution in [3.63, 3.8) is 0 Å². The van der Waals surface area contributed by atoms with Gasteiger partial charge in [0.1, 0.15) is 0 Å². The molecule has 2 atom stereocenters. The predicted molar refractivity (Wildman–Crippen MR) is 125 cm³/mol. The fourth-order valence-electron chi connectivity index (χ4n) is 4.54. The number of nitrogens with zero attached hydrogens (tertiary/aromatic N) is 1. The van der Waals surface area contributed by atoms with Crippen molar-refractivity contribution >= 4 is 5.91 Å². The predicted octanol–water partition coefficient (Wildman–Crippen LogP) is 4.74. The Morgan fingerprint density at radius 2 is 1.81 bits per heavy atom. The number of carbonyl (C=O) groups excluding carboxylic acids is 1. The van der Waals surface area contributed by atoms with Gasteiger partial charge >= 0.3 is 0 Å². The van der Waals surface area contributed by atoms with Crippen molar-refractivity contribution in [2.75, 3.05) is 20.8 Å². The SMILES string of the molecule is CC[C@H](NC(=O)CC(C)C)[C@H]1c2cc(OC)c(OC)cc2CCN1Cc1ccccc1. The van der Waals surface area contributed by atoms with Crippen molar-refractivity contribution in [2.24, 2.45) is 5.92 Å². The number of hydrogen-bond donors (Lipinski definition) is 1. The Labute approximate surface area is 186 Å². The van der Waals surface area contributed by atoms with Crippen molar-refractivity contribution in [3.8, 4) is 11.5 Å². The number of carbonyl (C=O) groups is 1. The minimum absolute atomic E-state index is 0.0205. The van der Waals surface area contributed by atoms with Crippen molar-refractivity contribution in [1.82, 2.24) is 10.2 Å². The highest BCUT2D eigenvalue weighted by molar-refractivity contribution is 5.76. The first kappa shape index (κ1) is 23.1. The minimum Gasteiger partial charge on any atom is -0.493 e. The molecule has 1 aliphatic rings. The van der Waals surface area contributed by atoms with E-state index in [-0.39, 0.29) is 18.0 Å². The Hall–Kier alpha value is -2.53. The number of methoxy groups -OCH3 is 2. The normalized spacial score (nSPS) is 17.2. The maximum absolute atomic E-state index is 12.7. The minimum atomic E-state index is 0.0205. The number of rotatable bonds is 9. The van der Waals surface area contributed by atoms with Gasteiger partial charge in [0.25, 0.3) is 0 Å². The largest absolute Gasteiger partial charge is 0.493 e. The molecule has 0 radical (unpaired) electrons. The molecule has 0 aliphatic carbocycles. The summed E-state index contributed by atoms with van der Waals surface area (Å²) in [4.78, 5) is 15.2. The summed E-state index contributed by atoms with van der Waals surface area (Å²) < 4.78 is 11.2. The summed E-state index contributed by atoms with van der Waals surface area (Å²) in [5.74, 6) is 1.94. The number of hydrogen-bond acceptors (Lipinski definition) is 4. The average Bonchev–Trinajstić information content (AvgIpc) is 2.76. The molecule has 1 aliphatic heterocycles. The van der Waals surface area contributed by atoms with Crippen LogP contribution in [0.1, 0.15) is 56.3 Å². The van der Waals surface area contributed by atoms with Crippen molar-refractivity contribution in [1.29, 1.82) is 0 Å². The molecule has 0 aromatic heterocycles. The molecule has 0 saturated carbocycles. The molecule has 3 rings (SSSR count). The lowest BCUT2D eigenvalue weighted by Crippen LogP contribution is -2.48. The highest BCUT2D eigenvalue weighted by Gasteiger charge is 2.35. The van der Waals surface area contributed by atoms with E-state index < -0.39 is 0 Å². The zero-order valence-electron chi connectivity index (χ0n) is 19.5. The molecule has 0 bridgehead atoms. The van der Waals surface area contributed by atoms with Crippen molar-refractivity contribution in [2.45, 2.75) is 58.7 Å². The van der Waals surface area contributed by atoms with Crippen LogP contribution in [0.15, 0.2) is 42.5 Å². The first-order valence-electron chi connectivity index (χ1n) is 11.3. The van der Waals surface area contributed by atoms with Crippen LogP contribution in [-0.4, -0.2) is 37.6 Å². The molecule has 2 aromatic carbocycles. The molecule has 1 heterocycles. The van der Waals surface area contributed by atoms with Crippen LogP contribution in [0.25, 0.3) is 0 Å². The van der Waals surface area contributed by atoms with E-state index in [1.165, 1.54) is 16.7 Å². The lowest BCUT2D eigenvalue weighted by Gasteiger charge is -2.42. The Morgan fingerprint density at radius 3 is 2.42 bits per heavy atom. The summed E-state index contributed by atoms with van der Waals surface area (Å²) in [5.41, 5.74) is 3.76. The first-order chi connectivity index (χ1) is 15.0. The molecular weight excluding hydrogens is 388 g/mol. The van der Waals surface area contributed by atoms with Gasteiger partial charge in [-0.1, -0.05) is 51.1 Å². The van der Waals surface area contributed by atoms with Crippen molar-refractivity contribution < 1.29 is 14.3 Å². The topological polar surface area (TPSA) is 50.8 Å². The smallest absolute Gasteiger partial charge is 0.220 e. The maximum Gasteiger partial charge on any atom is 0.220 e. The second-order valence-electron chi connectivity index (χ2n) is 8.74. The van der Waals surface area contributed by atoms with E-state index in [4.69, 9.17) is 9.47 Å². The number of fused-ring (bicyclic) bond motifs is 1. The van der Waals surface area contributed by atoms with Crippen molar-refractivity contribution in [3.05, 3.63) is 59.2 Å². The molecule has 1 amide bonds. The maximum atomic E-state index is 12.7. The summed E-state index contributed by atoms with van der Waals surface area (Å²) >= 11 is 0. The fraction of sp³-hybridized carbons (Fsp3) is 0.500. The van der Waals surface area contributed by atoms with Gasteiger partial charge in [-0.05, 0) is 47.6 Å². The van der Waals surface area contributed by atoms with Gasteiger partial charge in [0, 0.05) is 25.6 Å². The molecule has 0 fully saturated rings. The molecule has 0 saturated heterocycles. The first-order valence-corrected chi connectivity index (χ1v) is 11.3. The monoisotopic (exact) mass is 424 g/mol. The van der Waals surface area contributed by atoms with Gasteiger partial charge in [-0.15, -0.1) is 0 Å². The quantitative estimate of drug-likeness (QED) is 0.631. The Morgan fingerprint density at radius 1 is 1.13 bits per heavy atom. The Balaban J connectivity index is 1.99. The fourth-order valence-corrected chi connectivity index (χ4v) is 4.54.